The Morgan fingerprint density at radius 3 is 2.94 bits per heavy atom. The van der Waals surface area contributed by atoms with Crippen LogP contribution in [-0.4, -0.2) is 34.2 Å². The number of hydrogen-bond donors (Lipinski definition) is 2. The Morgan fingerprint density at radius 2 is 2.29 bits per heavy atom. The van der Waals surface area contributed by atoms with Crippen LogP contribution in [0.15, 0.2) is 12.4 Å². The number of hydrogen-bond acceptors (Lipinski definition) is 2. The lowest BCUT2D eigenvalue weighted by atomic mass is 9.96. The predicted octanol–water partition coefficient (Wildman–Crippen LogP) is 1.88. The zero-order chi connectivity index (χ0) is 12.1. The van der Waals surface area contributed by atoms with Crippen molar-refractivity contribution in [3.8, 4) is 0 Å². The van der Waals surface area contributed by atoms with Gasteiger partial charge in [0.1, 0.15) is 0 Å². The summed E-state index contributed by atoms with van der Waals surface area (Å²) in [5.74, 6) is 0. The molecule has 0 aliphatic heterocycles. The van der Waals surface area contributed by atoms with Crippen LogP contribution in [0.25, 0.3) is 0 Å². The third-order valence-corrected chi connectivity index (χ3v) is 3.25. The second-order valence-electron chi connectivity index (χ2n) is 4.75. The van der Waals surface area contributed by atoms with Gasteiger partial charge in [0.2, 0.25) is 0 Å². The summed E-state index contributed by atoms with van der Waals surface area (Å²) in [6, 6.07) is 0.376. The van der Waals surface area contributed by atoms with Crippen molar-refractivity contribution in [2.45, 2.75) is 44.7 Å². The molecule has 1 aliphatic rings. The Balaban J connectivity index is 1.78. The average molecular weight is 236 g/mol. The first-order valence-electron chi connectivity index (χ1n) is 6.25. The van der Waals surface area contributed by atoms with Gasteiger partial charge in [0.15, 0.2) is 0 Å². The highest BCUT2D eigenvalue weighted by Gasteiger charge is 2.17. The van der Waals surface area contributed by atoms with Crippen molar-refractivity contribution in [1.82, 2.24) is 20.4 Å². The van der Waals surface area contributed by atoms with Crippen LogP contribution in [0.1, 0.15) is 37.7 Å². The van der Waals surface area contributed by atoms with E-state index in [1.54, 1.807) is 11.1 Å². The maximum atomic E-state index is 11.9. The van der Waals surface area contributed by atoms with Gasteiger partial charge < -0.3 is 10.2 Å². The summed E-state index contributed by atoms with van der Waals surface area (Å²) in [7, 11) is 1.81. The standard InChI is InChI=1S/C12H20N4O/c1-16(9-10-7-13-14-8-10)12(17)15-11-5-3-2-4-6-11/h7-8,11H,2-6,9H2,1H3,(H,13,14)(H,15,17). The molecule has 0 atom stereocenters. The van der Waals surface area contributed by atoms with Crippen molar-refractivity contribution < 1.29 is 4.79 Å². The summed E-state index contributed by atoms with van der Waals surface area (Å²) < 4.78 is 0. The number of nitrogens with one attached hydrogen (secondary N) is 2. The third kappa shape index (κ3) is 3.47. The highest BCUT2D eigenvalue weighted by atomic mass is 16.2. The van der Waals surface area contributed by atoms with Gasteiger partial charge in [-0.25, -0.2) is 4.79 Å². The number of carbonyl (C=O) groups excluding carboxylic acids is 1. The Morgan fingerprint density at radius 1 is 1.53 bits per heavy atom. The first kappa shape index (κ1) is 12.0. The maximum absolute atomic E-state index is 11.9. The first-order valence-corrected chi connectivity index (χ1v) is 6.25. The predicted molar refractivity (Wildman–Crippen MR) is 65.5 cm³/mol. The molecule has 17 heavy (non-hydrogen) atoms. The molecule has 5 nitrogen and oxygen atoms in total. The molecular weight excluding hydrogens is 216 g/mol. The zero-order valence-electron chi connectivity index (χ0n) is 10.3. The molecule has 0 saturated heterocycles. The molecule has 2 amide bonds. The van der Waals surface area contributed by atoms with Crippen LogP contribution < -0.4 is 5.32 Å². The Labute approximate surface area is 102 Å². The van der Waals surface area contributed by atoms with Gasteiger partial charge in [0.05, 0.1) is 12.7 Å². The van der Waals surface area contributed by atoms with Gasteiger partial charge in [0, 0.05) is 24.8 Å². The monoisotopic (exact) mass is 236 g/mol. The second-order valence-corrected chi connectivity index (χ2v) is 4.75. The second kappa shape index (κ2) is 5.70. The summed E-state index contributed by atoms with van der Waals surface area (Å²) in [5, 5.41) is 9.70. The molecule has 0 spiro atoms. The van der Waals surface area contributed by atoms with Gasteiger partial charge in [0.25, 0.3) is 0 Å². The molecule has 1 fully saturated rings. The van der Waals surface area contributed by atoms with Crippen LogP contribution in [0.5, 0.6) is 0 Å². The average Bonchev–Trinajstić information content (AvgIpc) is 2.83. The fourth-order valence-corrected chi connectivity index (χ4v) is 2.24. The van der Waals surface area contributed by atoms with Gasteiger partial charge in [-0.05, 0) is 12.8 Å². The van der Waals surface area contributed by atoms with Crippen molar-refractivity contribution in [3.05, 3.63) is 18.0 Å². The van der Waals surface area contributed by atoms with Crippen LogP contribution in [0, 0.1) is 0 Å². The number of carbonyl (C=O) groups is 1. The van der Waals surface area contributed by atoms with Crippen LogP contribution in [-0.2, 0) is 6.54 Å². The minimum atomic E-state index is 0.0121. The molecule has 1 aromatic rings. The molecule has 1 saturated carbocycles. The largest absolute Gasteiger partial charge is 0.335 e. The van der Waals surface area contributed by atoms with Crippen molar-refractivity contribution in [3.63, 3.8) is 0 Å². The highest BCUT2D eigenvalue weighted by molar-refractivity contribution is 5.74. The van der Waals surface area contributed by atoms with E-state index in [9.17, 15) is 4.79 Å². The molecule has 0 unspecified atom stereocenters. The van der Waals surface area contributed by atoms with Gasteiger partial charge in [-0.2, -0.15) is 5.10 Å². The van der Waals surface area contributed by atoms with E-state index in [1.165, 1.54) is 19.3 Å². The zero-order valence-corrected chi connectivity index (χ0v) is 10.3. The number of nitrogens with zero attached hydrogens (tertiary/aromatic N) is 2. The lowest BCUT2D eigenvalue weighted by Gasteiger charge is -2.26. The molecule has 0 radical (unpaired) electrons. The normalized spacial score (nSPS) is 16.8. The van der Waals surface area contributed by atoms with Crippen molar-refractivity contribution >= 4 is 6.03 Å². The molecule has 1 aliphatic carbocycles. The van der Waals surface area contributed by atoms with Crippen molar-refractivity contribution in [2.24, 2.45) is 0 Å². The Bertz CT molecular complexity index is 343. The quantitative estimate of drug-likeness (QED) is 0.841. The SMILES string of the molecule is CN(Cc1cn[nH]c1)C(=O)NC1CCCCC1. The van der Waals surface area contributed by atoms with Gasteiger partial charge >= 0.3 is 6.03 Å². The van der Waals surface area contributed by atoms with E-state index in [-0.39, 0.29) is 6.03 Å². The van der Waals surface area contributed by atoms with E-state index in [0.717, 1.165) is 18.4 Å². The molecule has 94 valence electrons. The summed E-state index contributed by atoms with van der Waals surface area (Å²) in [6.07, 6.45) is 9.55. The van der Waals surface area contributed by atoms with Crippen molar-refractivity contribution in [2.75, 3.05) is 7.05 Å². The van der Waals surface area contributed by atoms with Crippen LogP contribution in [0.2, 0.25) is 0 Å². The van der Waals surface area contributed by atoms with Gasteiger partial charge in [-0.3, -0.25) is 5.10 Å². The molecule has 0 bridgehead atoms. The summed E-state index contributed by atoms with van der Waals surface area (Å²) in [5.41, 5.74) is 1.02. The van der Waals surface area contributed by atoms with Crippen LogP contribution in [0.4, 0.5) is 4.79 Å². The number of H-pyrrole nitrogens is 1. The molecular formula is C12H20N4O. The topological polar surface area (TPSA) is 61.0 Å². The van der Waals surface area contributed by atoms with E-state index in [4.69, 9.17) is 0 Å². The molecule has 5 heteroatoms. The Hall–Kier alpha value is -1.52. The summed E-state index contributed by atoms with van der Waals surface area (Å²) in [4.78, 5) is 13.6. The molecule has 2 N–H and O–H groups in total. The smallest absolute Gasteiger partial charge is 0.317 e. The number of urea groups is 1. The van der Waals surface area contributed by atoms with Crippen LogP contribution in [0.3, 0.4) is 0 Å². The number of rotatable bonds is 3. The number of amides is 2. The minimum absolute atomic E-state index is 0.0121. The molecule has 1 aromatic heterocycles. The van der Waals surface area contributed by atoms with E-state index >= 15 is 0 Å². The first-order chi connectivity index (χ1) is 8.25. The summed E-state index contributed by atoms with van der Waals surface area (Å²) in [6.45, 7) is 0.592. The minimum Gasteiger partial charge on any atom is -0.335 e. The van der Waals surface area contributed by atoms with E-state index in [0.29, 0.717) is 12.6 Å². The lowest BCUT2D eigenvalue weighted by Crippen LogP contribution is -2.43. The van der Waals surface area contributed by atoms with Crippen LogP contribution >= 0.6 is 0 Å². The maximum Gasteiger partial charge on any atom is 0.317 e. The molecule has 0 aromatic carbocycles. The fourth-order valence-electron chi connectivity index (χ4n) is 2.24. The van der Waals surface area contributed by atoms with E-state index in [2.05, 4.69) is 15.5 Å². The van der Waals surface area contributed by atoms with Crippen molar-refractivity contribution in [1.29, 1.82) is 0 Å². The number of aromatic nitrogens is 2. The Kier molecular flexibility index (Phi) is 4.01. The van der Waals surface area contributed by atoms with Gasteiger partial charge in [-0.15, -0.1) is 0 Å². The number of aromatic amines is 1. The molecule has 2 rings (SSSR count). The van der Waals surface area contributed by atoms with Gasteiger partial charge in [-0.1, -0.05) is 19.3 Å². The highest BCUT2D eigenvalue weighted by Crippen LogP contribution is 2.17. The lowest BCUT2D eigenvalue weighted by molar-refractivity contribution is 0.198. The molecule has 1 heterocycles. The summed E-state index contributed by atoms with van der Waals surface area (Å²) >= 11 is 0. The fraction of sp³-hybridized carbons (Fsp3) is 0.667. The van der Waals surface area contributed by atoms with E-state index in [1.807, 2.05) is 13.2 Å². The van der Waals surface area contributed by atoms with E-state index < -0.39 is 0 Å². The third-order valence-electron chi connectivity index (χ3n) is 3.25.